The predicted molar refractivity (Wildman–Crippen MR) is 79.3 cm³/mol. The summed E-state index contributed by atoms with van der Waals surface area (Å²) in [6.07, 6.45) is 5.55. The second-order valence-corrected chi connectivity index (χ2v) is 5.67. The summed E-state index contributed by atoms with van der Waals surface area (Å²) in [7, 11) is 0. The van der Waals surface area contributed by atoms with Crippen molar-refractivity contribution in [2.24, 2.45) is 0 Å². The van der Waals surface area contributed by atoms with Gasteiger partial charge in [-0.1, -0.05) is 0 Å². The van der Waals surface area contributed by atoms with Gasteiger partial charge in [-0.15, -0.1) is 0 Å². The highest BCUT2D eigenvalue weighted by atomic mass is 16.5. The van der Waals surface area contributed by atoms with Crippen molar-refractivity contribution in [1.29, 1.82) is 0 Å². The quantitative estimate of drug-likeness (QED) is 0.605. The summed E-state index contributed by atoms with van der Waals surface area (Å²) in [6, 6.07) is 0. The third-order valence-electron chi connectivity index (χ3n) is 3.85. The van der Waals surface area contributed by atoms with Crippen LogP contribution in [0.4, 0.5) is 0 Å². The number of amides is 1. The number of piperidine rings is 1. The van der Waals surface area contributed by atoms with Crippen LogP contribution in [0.15, 0.2) is 0 Å². The van der Waals surface area contributed by atoms with Crippen LogP contribution in [0.3, 0.4) is 0 Å². The molecule has 1 atom stereocenters. The Hall–Kier alpha value is -0.690. The molecular weight excluding hydrogens is 272 g/mol. The molecule has 1 amide bonds. The molecule has 1 unspecified atom stereocenters. The van der Waals surface area contributed by atoms with E-state index in [9.17, 15) is 4.79 Å². The van der Waals surface area contributed by atoms with Crippen molar-refractivity contribution in [1.82, 2.24) is 10.6 Å². The minimum absolute atomic E-state index is 0.0346. The van der Waals surface area contributed by atoms with Crippen molar-refractivity contribution in [2.45, 2.75) is 44.3 Å². The van der Waals surface area contributed by atoms with Crippen molar-refractivity contribution in [3.8, 4) is 0 Å². The van der Waals surface area contributed by atoms with Crippen LogP contribution >= 0.6 is 0 Å². The van der Waals surface area contributed by atoms with E-state index in [1.165, 1.54) is 0 Å². The summed E-state index contributed by atoms with van der Waals surface area (Å²) < 4.78 is 16.6. The Labute approximate surface area is 126 Å². The molecule has 0 aliphatic carbocycles. The van der Waals surface area contributed by atoms with Gasteiger partial charge in [0.05, 0.1) is 18.8 Å². The first-order valence-corrected chi connectivity index (χ1v) is 8.13. The largest absolute Gasteiger partial charge is 0.379 e. The molecule has 0 spiro atoms. The SMILES string of the molecule is O=C(COC1CCNCC1)NCCCOCC1CCCO1. The van der Waals surface area contributed by atoms with Crippen LogP contribution in [0.2, 0.25) is 0 Å². The van der Waals surface area contributed by atoms with Gasteiger partial charge in [0.15, 0.2) is 0 Å². The van der Waals surface area contributed by atoms with Crippen molar-refractivity contribution in [3.05, 3.63) is 0 Å². The van der Waals surface area contributed by atoms with Gasteiger partial charge in [0.2, 0.25) is 5.91 Å². The molecule has 0 aromatic heterocycles. The lowest BCUT2D eigenvalue weighted by Gasteiger charge is -2.22. The second kappa shape index (κ2) is 10.1. The summed E-state index contributed by atoms with van der Waals surface area (Å²) in [5.74, 6) is -0.0346. The van der Waals surface area contributed by atoms with E-state index in [4.69, 9.17) is 14.2 Å². The molecule has 2 aliphatic heterocycles. The summed E-state index contributed by atoms with van der Waals surface area (Å²) in [5, 5.41) is 6.13. The predicted octanol–water partition coefficient (Wildman–Crippen LogP) is 0.457. The van der Waals surface area contributed by atoms with Gasteiger partial charge in [-0.25, -0.2) is 0 Å². The Bertz CT molecular complexity index is 289. The van der Waals surface area contributed by atoms with E-state index in [1.807, 2.05) is 0 Å². The molecule has 0 aromatic carbocycles. The highest BCUT2D eigenvalue weighted by molar-refractivity contribution is 5.77. The van der Waals surface area contributed by atoms with Crippen molar-refractivity contribution >= 4 is 5.91 Å². The van der Waals surface area contributed by atoms with Crippen LogP contribution < -0.4 is 10.6 Å². The molecule has 21 heavy (non-hydrogen) atoms. The fourth-order valence-electron chi connectivity index (χ4n) is 2.60. The van der Waals surface area contributed by atoms with Gasteiger partial charge in [0, 0.05) is 19.8 Å². The van der Waals surface area contributed by atoms with E-state index < -0.39 is 0 Å². The van der Waals surface area contributed by atoms with E-state index in [0.717, 1.165) is 51.8 Å². The molecule has 0 aromatic rings. The maximum Gasteiger partial charge on any atom is 0.246 e. The number of carbonyl (C=O) groups excluding carboxylic acids is 1. The van der Waals surface area contributed by atoms with E-state index >= 15 is 0 Å². The first kappa shape index (κ1) is 16.7. The fraction of sp³-hybridized carbons (Fsp3) is 0.933. The molecule has 6 heteroatoms. The molecular formula is C15H28N2O4. The smallest absolute Gasteiger partial charge is 0.246 e. The summed E-state index contributed by atoms with van der Waals surface area (Å²) in [5.41, 5.74) is 0. The Morgan fingerprint density at radius 3 is 2.90 bits per heavy atom. The zero-order chi connectivity index (χ0) is 14.8. The van der Waals surface area contributed by atoms with Gasteiger partial charge in [-0.3, -0.25) is 4.79 Å². The Balaban J connectivity index is 1.38. The molecule has 0 saturated carbocycles. The minimum atomic E-state index is -0.0346. The van der Waals surface area contributed by atoms with Crippen molar-refractivity contribution < 1.29 is 19.0 Å². The van der Waals surface area contributed by atoms with Crippen LogP contribution in [0, 0.1) is 0 Å². The van der Waals surface area contributed by atoms with Crippen LogP contribution in [0.25, 0.3) is 0 Å². The highest BCUT2D eigenvalue weighted by Gasteiger charge is 2.15. The lowest BCUT2D eigenvalue weighted by atomic mass is 10.1. The van der Waals surface area contributed by atoms with Crippen LogP contribution in [-0.4, -0.2) is 64.2 Å². The van der Waals surface area contributed by atoms with E-state index in [1.54, 1.807) is 0 Å². The first-order chi connectivity index (χ1) is 10.3. The molecule has 0 bridgehead atoms. The number of hydrogen-bond acceptors (Lipinski definition) is 5. The zero-order valence-electron chi connectivity index (χ0n) is 12.8. The minimum Gasteiger partial charge on any atom is -0.379 e. The topological polar surface area (TPSA) is 68.8 Å². The van der Waals surface area contributed by atoms with Gasteiger partial charge in [0.25, 0.3) is 0 Å². The highest BCUT2D eigenvalue weighted by Crippen LogP contribution is 2.11. The normalized spacial score (nSPS) is 23.3. The lowest BCUT2D eigenvalue weighted by Crippen LogP contribution is -2.36. The number of carbonyl (C=O) groups is 1. The van der Waals surface area contributed by atoms with E-state index in [-0.39, 0.29) is 24.7 Å². The molecule has 122 valence electrons. The average molecular weight is 300 g/mol. The lowest BCUT2D eigenvalue weighted by molar-refractivity contribution is -0.128. The molecule has 2 aliphatic rings. The van der Waals surface area contributed by atoms with Crippen molar-refractivity contribution in [2.75, 3.05) is 46.1 Å². The Kier molecular flexibility index (Phi) is 8.03. The van der Waals surface area contributed by atoms with Gasteiger partial charge >= 0.3 is 0 Å². The van der Waals surface area contributed by atoms with Gasteiger partial charge < -0.3 is 24.8 Å². The van der Waals surface area contributed by atoms with E-state index in [2.05, 4.69) is 10.6 Å². The molecule has 2 saturated heterocycles. The molecule has 2 heterocycles. The molecule has 2 N–H and O–H groups in total. The molecule has 6 nitrogen and oxygen atoms in total. The maximum atomic E-state index is 11.6. The molecule has 2 fully saturated rings. The zero-order valence-corrected chi connectivity index (χ0v) is 12.8. The third kappa shape index (κ3) is 7.22. The Morgan fingerprint density at radius 1 is 1.29 bits per heavy atom. The molecule has 0 radical (unpaired) electrons. The summed E-state index contributed by atoms with van der Waals surface area (Å²) >= 11 is 0. The van der Waals surface area contributed by atoms with Gasteiger partial charge in [-0.05, 0) is 45.2 Å². The Morgan fingerprint density at radius 2 is 2.14 bits per heavy atom. The van der Waals surface area contributed by atoms with Crippen LogP contribution in [-0.2, 0) is 19.0 Å². The summed E-state index contributed by atoms with van der Waals surface area (Å²) in [6.45, 7) is 4.97. The van der Waals surface area contributed by atoms with Crippen LogP contribution in [0.5, 0.6) is 0 Å². The second-order valence-electron chi connectivity index (χ2n) is 5.67. The van der Waals surface area contributed by atoms with Gasteiger partial charge in [-0.2, -0.15) is 0 Å². The number of nitrogens with one attached hydrogen (secondary N) is 2. The third-order valence-corrected chi connectivity index (χ3v) is 3.85. The van der Waals surface area contributed by atoms with Gasteiger partial charge in [0.1, 0.15) is 6.61 Å². The molecule has 2 rings (SSSR count). The number of hydrogen-bond donors (Lipinski definition) is 2. The first-order valence-electron chi connectivity index (χ1n) is 8.13. The summed E-state index contributed by atoms with van der Waals surface area (Å²) in [4.78, 5) is 11.6. The number of rotatable bonds is 9. The number of ether oxygens (including phenoxy) is 3. The standard InChI is InChI=1S/C15H28N2O4/c18-15(12-21-13-4-7-16-8-5-13)17-6-2-9-19-11-14-3-1-10-20-14/h13-14,16H,1-12H2,(H,17,18). The monoisotopic (exact) mass is 300 g/mol. The van der Waals surface area contributed by atoms with Crippen molar-refractivity contribution in [3.63, 3.8) is 0 Å². The fourth-order valence-corrected chi connectivity index (χ4v) is 2.60. The van der Waals surface area contributed by atoms with E-state index in [0.29, 0.717) is 19.8 Å². The maximum absolute atomic E-state index is 11.6. The van der Waals surface area contributed by atoms with Crippen LogP contribution in [0.1, 0.15) is 32.1 Å². The average Bonchev–Trinajstić information content (AvgIpc) is 3.03.